The maximum atomic E-state index is 11.5. The lowest BCUT2D eigenvalue weighted by atomic mass is 9.74. The molecule has 3 heterocycles. The fraction of sp³-hybridized carbons (Fsp3) is 0.769. The number of hydrogen-bond acceptors (Lipinski definition) is 4. The first-order chi connectivity index (χ1) is 8.80. The molecule has 5 nitrogen and oxygen atoms in total. The van der Waals surface area contributed by atoms with Crippen molar-refractivity contribution in [3.63, 3.8) is 0 Å². The second-order valence-electron chi connectivity index (χ2n) is 6.42. The average Bonchev–Trinajstić information content (AvgIpc) is 2.78. The highest BCUT2D eigenvalue weighted by atomic mass is 16.7. The molecule has 2 fully saturated rings. The standard InChI is InChI=1S/C13H20BNO4/c1-12(2)13(3,4)19-14(18-12)9-5-6-15-10(7-9)8-17-11(15)16/h7,10H,5-6,8H2,1-4H3/t10-/m0/s1. The summed E-state index contributed by atoms with van der Waals surface area (Å²) in [4.78, 5) is 13.2. The first kappa shape index (κ1) is 13.0. The topological polar surface area (TPSA) is 48.0 Å². The van der Waals surface area contributed by atoms with Gasteiger partial charge in [-0.2, -0.15) is 0 Å². The van der Waals surface area contributed by atoms with Crippen molar-refractivity contribution in [2.45, 2.75) is 51.4 Å². The third-order valence-electron chi connectivity index (χ3n) is 4.62. The van der Waals surface area contributed by atoms with Gasteiger partial charge in [0.25, 0.3) is 0 Å². The van der Waals surface area contributed by atoms with E-state index in [0.717, 1.165) is 11.9 Å². The maximum Gasteiger partial charge on any atom is 0.490 e. The number of rotatable bonds is 1. The molecule has 3 aliphatic heterocycles. The molecule has 2 saturated heterocycles. The van der Waals surface area contributed by atoms with Crippen molar-refractivity contribution in [1.29, 1.82) is 0 Å². The van der Waals surface area contributed by atoms with E-state index in [1.807, 2.05) is 27.7 Å². The van der Waals surface area contributed by atoms with Crippen molar-refractivity contribution < 1.29 is 18.8 Å². The quantitative estimate of drug-likeness (QED) is 0.678. The van der Waals surface area contributed by atoms with E-state index in [1.54, 1.807) is 4.90 Å². The third kappa shape index (κ3) is 1.97. The summed E-state index contributed by atoms with van der Waals surface area (Å²) < 4.78 is 17.1. The Bertz CT molecular complexity index is 430. The smallest absolute Gasteiger partial charge is 0.447 e. The zero-order valence-electron chi connectivity index (χ0n) is 11.9. The van der Waals surface area contributed by atoms with Gasteiger partial charge in [-0.1, -0.05) is 6.08 Å². The molecule has 0 N–H and O–H groups in total. The van der Waals surface area contributed by atoms with Gasteiger partial charge in [-0.25, -0.2) is 4.79 Å². The molecule has 0 unspecified atom stereocenters. The van der Waals surface area contributed by atoms with E-state index in [9.17, 15) is 4.79 Å². The van der Waals surface area contributed by atoms with Crippen molar-refractivity contribution in [2.24, 2.45) is 0 Å². The zero-order valence-corrected chi connectivity index (χ0v) is 11.9. The molecule has 0 saturated carbocycles. The highest BCUT2D eigenvalue weighted by Gasteiger charge is 2.53. The SMILES string of the molecule is CC1(C)OB(C2=C[C@H]3COC(=O)N3CC2)OC1(C)C. The first-order valence-electron chi connectivity index (χ1n) is 6.80. The van der Waals surface area contributed by atoms with Gasteiger partial charge in [0, 0.05) is 6.54 Å². The monoisotopic (exact) mass is 265 g/mol. The summed E-state index contributed by atoms with van der Waals surface area (Å²) in [6.45, 7) is 9.30. The van der Waals surface area contributed by atoms with Gasteiger partial charge in [0.05, 0.1) is 17.2 Å². The fourth-order valence-electron chi connectivity index (χ4n) is 2.63. The van der Waals surface area contributed by atoms with Gasteiger partial charge in [0.2, 0.25) is 0 Å². The maximum absolute atomic E-state index is 11.5. The van der Waals surface area contributed by atoms with Crippen LogP contribution in [-0.2, 0) is 14.0 Å². The van der Waals surface area contributed by atoms with Crippen LogP contribution in [0.2, 0.25) is 0 Å². The van der Waals surface area contributed by atoms with Crippen LogP contribution in [0.1, 0.15) is 34.1 Å². The normalized spacial score (nSPS) is 32.1. The number of cyclic esters (lactones) is 1. The lowest BCUT2D eigenvalue weighted by molar-refractivity contribution is 0.00578. The molecule has 0 spiro atoms. The molecule has 1 amide bonds. The van der Waals surface area contributed by atoms with Crippen molar-refractivity contribution in [3.05, 3.63) is 11.5 Å². The summed E-state index contributed by atoms with van der Waals surface area (Å²) in [6.07, 6.45) is 2.63. The van der Waals surface area contributed by atoms with Gasteiger partial charge >= 0.3 is 13.2 Å². The number of ether oxygens (including phenoxy) is 1. The Morgan fingerprint density at radius 3 is 2.53 bits per heavy atom. The van der Waals surface area contributed by atoms with Gasteiger partial charge in [-0.15, -0.1) is 0 Å². The van der Waals surface area contributed by atoms with Crippen LogP contribution < -0.4 is 0 Å². The molecule has 1 atom stereocenters. The van der Waals surface area contributed by atoms with Gasteiger partial charge in [-0.3, -0.25) is 4.90 Å². The van der Waals surface area contributed by atoms with Gasteiger partial charge < -0.3 is 14.0 Å². The Hall–Kier alpha value is -1.01. The summed E-state index contributed by atoms with van der Waals surface area (Å²) in [5.74, 6) is 0. The van der Waals surface area contributed by atoms with E-state index in [2.05, 4.69) is 6.08 Å². The summed E-state index contributed by atoms with van der Waals surface area (Å²) in [5, 5.41) is 0. The van der Waals surface area contributed by atoms with Crippen LogP contribution in [0.3, 0.4) is 0 Å². The molecule has 0 aromatic heterocycles. The van der Waals surface area contributed by atoms with Crippen molar-refractivity contribution in [2.75, 3.05) is 13.2 Å². The minimum absolute atomic E-state index is 0.0373. The Morgan fingerprint density at radius 2 is 1.89 bits per heavy atom. The minimum atomic E-state index is -0.322. The fourth-order valence-corrected chi connectivity index (χ4v) is 2.63. The van der Waals surface area contributed by atoms with Gasteiger partial charge in [0.1, 0.15) is 6.61 Å². The second-order valence-corrected chi connectivity index (χ2v) is 6.42. The number of carbonyl (C=O) groups excluding carboxylic acids is 1. The number of hydrogen-bond donors (Lipinski definition) is 0. The molecule has 19 heavy (non-hydrogen) atoms. The average molecular weight is 265 g/mol. The van der Waals surface area contributed by atoms with E-state index in [4.69, 9.17) is 14.0 Å². The van der Waals surface area contributed by atoms with Crippen LogP contribution in [0.4, 0.5) is 4.79 Å². The van der Waals surface area contributed by atoms with Crippen LogP contribution in [0.5, 0.6) is 0 Å². The van der Waals surface area contributed by atoms with Crippen LogP contribution in [0.15, 0.2) is 11.5 Å². The largest absolute Gasteiger partial charge is 0.490 e. The second kappa shape index (κ2) is 3.99. The molecule has 0 aromatic rings. The van der Waals surface area contributed by atoms with E-state index in [0.29, 0.717) is 13.2 Å². The highest BCUT2D eigenvalue weighted by Crippen LogP contribution is 2.40. The molecule has 3 aliphatic rings. The van der Waals surface area contributed by atoms with Crippen molar-refractivity contribution in [1.82, 2.24) is 4.90 Å². The summed E-state index contributed by atoms with van der Waals surface area (Å²) in [6, 6.07) is 0.0373. The molecule has 104 valence electrons. The third-order valence-corrected chi connectivity index (χ3v) is 4.62. The Kier molecular flexibility index (Phi) is 2.73. The Morgan fingerprint density at radius 1 is 1.26 bits per heavy atom. The predicted octanol–water partition coefficient (Wildman–Crippen LogP) is 1.77. The van der Waals surface area contributed by atoms with Crippen LogP contribution >= 0.6 is 0 Å². The number of amides is 1. The molecular weight excluding hydrogens is 245 g/mol. The Balaban J connectivity index is 1.78. The van der Waals surface area contributed by atoms with E-state index < -0.39 is 0 Å². The zero-order chi connectivity index (χ0) is 13.8. The molecule has 0 aromatic carbocycles. The summed E-state index contributed by atoms with van der Waals surface area (Å²) >= 11 is 0. The van der Waals surface area contributed by atoms with Crippen molar-refractivity contribution >= 4 is 13.2 Å². The number of fused-ring (bicyclic) bond motifs is 1. The molecule has 6 heteroatoms. The lowest BCUT2D eigenvalue weighted by Crippen LogP contribution is -2.41. The highest BCUT2D eigenvalue weighted by molar-refractivity contribution is 6.54. The summed E-state index contributed by atoms with van der Waals surface area (Å²) in [5.41, 5.74) is 0.480. The number of carbonyl (C=O) groups is 1. The molecular formula is C13H20BNO4. The van der Waals surface area contributed by atoms with Crippen LogP contribution in [0, 0.1) is 0 Å². The molecule has 0 aliphatic carbocycles. The van der Waals surface area contributed by atoms with Gasteiger partial charge in [0.15, 0.2) is 0 Å². The van der Waals surface area contributed by atoms with E-state index in [-0.39, 0.29) is 30.5 Å². The Labute approximate surface area is 114 Å². The molecule has 3 rings (SSSR count). The lowest BCUT2D eigenvalue weighted by Gasteiger charge is -2.32. The first-order valence-corrected chi connectivity index (χ1v) is 6.80. The minimum Gasteiger partial charge on any atom is -0.447 e. The van der Waals surface area contributed by atoms with E-state index in [1.165, 1.54) is 0 Å². The van der Waals surface area contributed by atoms with Gasteiger partial charge in [-0.05, 0) is 39.6 Å². The predicted molar refractivity (Wildman–Crippen MR) is 70.6 cm³/mol. The molecule has 0 bridgehead atoms. The molecule has 0 radical (unpaired) electrons. The van der Waals surface area contributed by atoms with Crippen LogP contribution in [-0.4, -0.2) is 48.5 Å². The number of nitrogens with zero attached hydrogens (tertiary/aromatic N) is 1. The van der Waals surface area contributed by atoms with Crippen LogP contribution in [0.25, 0.3) is 0 Å². The van der Waals surface area contributed by atoms with Crippen molar-refractivity contribution in [3.8, 4) is 0 Å². The summed E-state index contributed by atoms with van der Waals surface area (Å²) in [7, 11) is -0.303. The van der Waals surface area contributed by atoms with E-state index >= 15 is 0 Å².